The number of hydrogen-bond donors (Lipinski definition) is 0. The number of amides is 2. The molecule has 1 saturated carbocycles. The standard InChI is InChI=1S/C26H29ClN2O3/c1-4-14-29-25(30)28(17-19-6-11-22(31-3)12-7-19)24-13-10-21(27)16-23(24)26(29,20-8-9-20)18-32-15-5-2/h4-7,10-13,15-16,20H,1,8-9,14,17-18H2,2-3H3. The summed E-state index contributed by atoms with van der Waals surface area (Å²) in [4.78, 5) is 17.7. The Morgan fingerprint density at radius 2 is 1.97 bits per heavy atom. The van der Waals surface area contributed by atoms with Gasteiger partial charge in [-0.2, -0.15) is 0 Å². The van der Waals surface area contributed by atoms with Crippen molar-refractivity contribution in [3.05, 3.63) is 83.6 Å². The first-order valence-electron chi connectivity index (χ1n) is 10.9. The van der Waals surface area contributed by atoms with Gasteiger partial charge in [0, 0.05) is 17.1 Å². The quantitative estimate of drug-likeness (QED) is 0.339. The predicted molar refractivity (Wildman–Crippen MR) is 128 cm³/mol. The smallest absolute Gasteiger partial charge is 0.325 e. The molecule has 0 saturated heterocycles. The molecular formula is C26H29ClN2O3. The average molecular weight is 453 g/mol. The predicted octanol–water partition coefficient (Wildman–Crippen LogP) is 6.13. The van der Waals surface area contributed by atoms with Crippen molar-refractivity contribution in [2.75, 3.05) is 25.2 Å². The molecule has 168 valence electrons. The van der Waals surface area contributed by atoms with E-state index in [9.17, 15) is 4.79 Å². The van der Waals surface area contributed by atoms with Crippen molar-refractivity contribution < 1.29 is 14.3 Å². The van der Waals surface area contributed by atoms with Gasteiger partial charge in [-0.15, -0.1) is 6.58 Å². The van der Waals surface area contributed by atoms with Gasteiger partial charge in [0.1, 0.15) is 17.9 Å². The van der Waals surface area contributed by atoms with E-state index < -0.39 is 5.54 Å². The fourth-order valence-corrected chi connectivity index (χ4v) is 4.81. The van der Waals surface area contributed by atoms with Crippen LogP contribution in [-0.4, -0.2) is 31.2 Å². The number of nitrogens with zero attached hydrogens (tertiary/aromatic N) is 2. The van der Waals surface area contributed by atoms with E-state index in [1.165, 1.54) is 0 Å². The molecule has 2 amide bonds. The molecule has 1 fully saturated rings. The van der Waals surface area contributed by atoms with Gasteiger partial charge in [-0.05, 0) is 61.6 Å². The molecule has 5 nitrogen and oxygen atoms in total. The van der Waals surface area contributed by atoms with Crippen LogP contribution in [-0.2, 0) is 16.8 Å². The average Bonchev–Trinajstić information content (AvgIpc) is 3.65. The largest absolute Gasteiger partial charge is 0.499 e. The summed E-state index contributed by atoms with van der Waals surface area (Å²) in [6, 6.07) is 13.5. The molecule has 0 radical (unpaired) electrons. The van der Waals surface area contributed by atoms with Crippen molar-refractivity contribution >= 4 is 23.3 Å². The molecule has 1 heterocycles. The first kappa shape index (κ1) is 22.3. The van der Waals surface area contributed by atoms with Gasteiger partial charge in [0.05, 0.1) is 25.6 Å². The van der Waals surface area contributed by atoms with Gasteiger partial charge in [0.2, 0.25) is 0 Å². The van der Waals surface area contributed by atoms with E-state index in [1.807, 2.05) is 65.3 Å². The van der Waals surface area contributed by atoms with Crippen molar-refractivity contribution in [2.45, 2.75) is 31.8 Å². The fraction of sp³-hybridized carbons (Fsp3) is 0.346. The van der Waals surface area contributed by atoms with E-state index in [-0.39, 0.29) is 6.03 Å². The monoisotopic (exact) mass is 452 g/mol. The molecule has 1 aliphatic carbocycles. The van der Waals surface area contributed by atoms with E-state index >= 15 is 0 Å². The molecule has 0 aromatic heterocycles. The number of hydrogen-bond acceptors (Lipinski definition) is 3. The molecular weight excluding hydrogens is 424 g/mol. The number of allylic oxidation sites excluding steroid dienone is 1. The van der Waals surface area contributed by atoms with Gasteiger partial charge in [0.15, 0.2) is 0 Å². The first-order chi connectivity index (χ1) is 15.5. The Balaban J connectivity index is 1.82. The SMILES string of the molecule is C=CCN1C(=O)N(Cc2ccc(OC)cc2)c2ccc(Cl)cc2C1(COC=CC)C1CC1. The van der Waals surface area contributed by atoms with E-state index in [0.717, 1.165) is 35.4 Å². The third-order valence-electron chi connectivity index (χ3n) is 6.26. The number of fused-ring (bicyclic) bond motifs is 1. The lowest BCUT2D eigenvalue weighted by Crippen LogP contribution is -2.61. The highest BCUT2D eigenvalue weighted by Crippen LogP contribution is 2.55. The molecule has 0 N–H and O–H groups in total. The Hall–Kier alpha value is -2.92. The lowest BCUT2D eigenvalue weighted by atomic mass is 9.80. The van der Waals surface area contributed by atoms with E-state index in [1.54, 1.807) is 19.4 Å². The minimum absolute atomic E-state index is 0.0495. The second-order valence-electron chi connectivity index (χ2n) is 8.26. The van der Waals surface area contributed by atoms with Crippen molar-refractivity contribution in [3.8, 4) is 5.75 Å². The Labute approximate surface area is 194 Å². The van der Waals surface area contributed by atoms with Crippen LogP contribution in [0.3, 0.4) is 0 Å². The Bertz CT molecular complexity index is 1020. The van der Waals surface area contributed by atoms with Crippen LogP contribution in [0.15, 0.2) is 67.5 Å². The highest BCUT2D eigenvalue weighted by molar-refractivity contribution is 6.30. The van der Waals surface area contributed by atoms with E-state index in [0.29, 0.717) is 30.6 Å². The summed E-state index contributed by atoms with van der Waals surface area (Å²) in [6.45, 7) is 7.10. The number of methoxy groups -OCH3 is 1. The summed E-state index contributed by atoms with van der Waals surface area (Å²) < 4.78 is 11.2. The first-order valence-corrected chi connectivity index (χ1v) is 11.3. The normalized spacial score (nSPS) is 20.4. The molecule has 1 aliphatic heterocycles. The maximum Gasteiger partial charge on any atom is 0.325 e. The molecule has 2 aliphatic rings. The van der Waals surface area contributed by atoms with E-state index in [4.69, 9.17) is 21.1 Å². The van der Waals surface area contributed by atoms with E-state index in [2.05, 4.69) is 6.58 Å². The third kappa shape index (κ3) is 3.97. The third-order valence-corrected chi connectivity index (χ3v) is 6.49. The lowest BCUT2D eigenvalue weighted by molar-refractivity contribution is 0.0319. The van der Waals surface area contributed by atoms with Gasteiger partial charge >= 0.3 is 6.03 Å². The maximum atomic E-state index is 13.9. The number of urea groups is 1. The zero-order chi connectivity index (χ0) is 22.7. The number of ether oxygens (including phenoxy) is 2. The van der Waals surface area contributed by atoms with Gasteiger partial charge in [-0.1, -0.05) is 35.9 Å². The Morgan fingerprint density at radius 1 is 1.22 bits per heavy atom. The summed E-state index contributed by atoms with van der Waals surface area (Å²) in [5, 5.41) is 0.650. The maximum absolute atomic E-state index is 13.9. The molecule has 2 aromatic carbocycles. The molecule has 32 heavy (non-hydrogen) atoms. The highest BCUT2D eigenvalue weighted by atomic mass is 35.5. The van der Waals surface area contributed by atoms with Gasteiger partial charge in [-0.3, -0.25) is 4.90 Å². The summed E-state index contributed by atoms with van der Waals surface area (Å²) in [5.74, 6) is 1.10. The number of carbonyl (C=O) groups is 1. The Morgan fingerprint density at radius 3 is 2.59 bits per heavy atom. The van der Waals surface area contributed by atoms with Crippen LogP contribution < -0.4 is 9.64 Å². The second kappa shape index (κ2) is 9.29. The highest BCUT2D eigenvalue weighted by Gasteiger charge is 2.57. The number of benzene rings is 2. The summed E-state index contributed by atoms with van der Waals surface area (Å²) in [6.07, 6.45) is 7.42. The minimum Gasteiger partial charge on any atom is -0.499 e. The Kier molecular flexibility index (Phi) is 6.47. The molecule has 0 spiro atoms. The van der Waals surface area contributed by atoms with Crippen LogP contribution in [0.2, 0.25) is 5.02 Å². The molecule has 2 aromatic rings. The van der Waals surface area contributed by atoms with Crippen molar-refractivity contribution in [3.63, 3.8) is 0 Å². The van der Waals surface area contributed by atoms with Crippen LogP contribution in [0.5, 0.6) is 5.75 Å². The zero-order valence-corrected chi connectivity index (χ0v) is 19.3. The summed E-state index contributed by atoms with van der Waals surface area (Å²) >= 11 is 6.48. The van der Waals surface area contributed by atoms with Crippen molar-refractivity contribution in [2.24, 2.45) is 5.92 Å². The molecule has 1 atom stereocenters. The molecule has 6 heteroatoms. The topological polar surface area (TPSA) is 42.0 Å². The van der Waals surface area contributed by atoms with Gasteiger partial charge in [0.25, 0.3) is 0 Å². The molecule has 4 rings (SSSR count). The summed E-state index contributed by atoms with van der Waals surface area (Å²) in [7, 11) is 1.64. The minimum atomic E-state index is -0.582. The number of anilines is 1. The second-order valence-corrected chi connectivity index (χ2v) is 8.69. The van der Waals surface area contributed by atoms with Crippen molar-refractivity contribution in [1.29, 1.82) is 0 Å². The summed E-state index contributed by atoms with van der Waals surface area (Å²) in [5.41, 5.74) is 2.35. The lowest BCUT2D eigenvalue weighted by Gasteiger charge is -2.51. The van der Waals surface area contributed by atoms with Crippen LogP contribution in [0.1, 0.15) is 30.9 Å². The number of carbonyl (C=O) groups excluding carboxylic acids is 1. The van der Waals surface area contributed by atoms with Gasteiger partial charge < -0.3 is 14.4 Å². The van der Waals surface area contributed by atoms with Crippen LogP contribution in [0, 0.1) is 5.92 Å². The van der Waals surface area contributed by atoms with Gasteiger partial charge in [-0.25, -0.2) is 4.79 Å². The number of halogens is 1. The van der Waals surface area contributed by atoms with Crippen molar-refractivity contribution in [1.82, 2.24) is 4.90 Å². The number of rotatable bonds is 9. The zero-order valence-electron chi connectivity index (χ0n) is 18.6. The molecule has 0 bridgehead atoms. The van der Waals surface area contributed by atoms with Crippen LogP contribution >= 0.6 is 11.6 Å². The van der Waals surface area contributed by atoms with Crippen LogP contribution in [0.4, 0.5) is 10.5 Å². The molecule has 1 unspecified atom stereocenters. The van der Waals surface area contributed by atoms with Crippen LogP contribution in [0.25, 0.3) is 0 Å². The fourth-order valence-electron chi connectivity index (χ4n) is 4.64.